The zero-order valence-corrected chi connectivity index (χ0v) is 11.6. The molecule has 1 aromatic carbocycles. The minimum Gasteiger partial charge on any atom is -0.457 e. The standard InChI is InChI=1S/C16H9N3O4/c17-8-9-1-3-10(4-2-9)13-6-5-11(23-13)7-12-14(20)18-16(22)19-15(12)21/h1-7H,(H2,18,19,20,21,22). The maximum Gasteiger partial charge on any atom is 0.328 e. The predicted octanol–water partition coefficient (Wildman–Crippen LogP) is 1.57. The lowest BCUT2D eigenvalue weighted by atomic mass is 10.1. The molecule has 3 rings (SSSR count). The van der Waals surface area contributed by atoms with Crippen LogP contribution in [-0.4, -0.2) is 17.8 Å². The second-order valence-corrected chi connectivity index (χ2v) is 4.69. The Hall–Kier alpha value is -3.66. The first-order valence-corrected chi connectivity index (χ1v) is 6.55. The number of carbonyl (C=O) groups is 3. The molecule has 0 bridgehead atoms. The number of imide groups is 2. The van der Waals surface area contributed by atoms with Crippen molar-refractivity contribution >= 4 is 23.9 Å². The van der Waals surface area contributed by atoms with E-state index >= 15 is 0 Å². The zero-order valence-electron chi connectivity index (χ0n) is 11.6. The molecule has 0 unspecified atom stereocenters. The van der Waals surface area contributed by atoms with Crippen LogP contribution in [-0.2, 0) is 9.59 Å². The van der Waals surface area contributed by atoms with Crippen LogP contribution in [0, 0.1) is 11.3 Å². The quantitative estimate of drug-likeness (QED) is 0.646. The summed E-state index contributed by atoms with van der Waals surface area (Å²) in [5.74, 6) is -0.752. The van der Waals surface area contributed by atoms with Gasteiger partial charge in [0.2, 0.25) is 0 Å². The molecule has 2 N–H and O–H groups in total. The van der Waals surface area contributed by atoms with E-state index in [0.29, 0.717) is 17.1 Å². The van der Waals surface area contributed by atoms with E-state index in [0.717, 1.165) is 5.56 Å². The van der Waals surface area contributed by atoms with Crippen LogP contribution < -0.4 is 10.6 Å². The van der Waals surface area contributed by atoms with Crippen molar-refractivity contribution in [3.63, 3.8) is 0 Å². The number of nitrogens with one attached hydrogen (secondary N) is 2. The van der Waals surface area contributed by atoms with Crippen molar-refractivity contribution in [2.45, 2.75) is 0 Å². The maximum atomic E-state index is 11.6. The summed E-state index contributed by atoms with van der Waals surface area (Å²) in [5.41, 5.74) is 1.06. The number of benzene rings is 1. The fraction of sp³-hybridized carbons (Fsp3) is 0. The van der Waals surface area contributed by atoms with Crippen LogP contribution in [0.25, 0.3) is 17.4 Å². The molecule has 0 radical (unpaired) electrons. The number of barbiturate groups is 1. The number of hydrogen-bond acceptors (Lipinski definition) is 5. The first kappa shape index (κ1) is 14.3. The van der Waals surface area contributed by atoms with Gasteiger partial charge < -0.3 is 4.42 Å². The summed E-state index contributed by atoms with van der Waals surface area (Å²) in [6, 6.07) is 11.2. The Labute approximate surface area is 130 Å². The molecule has 2 aromatic rings. The zero-order chi connectivity index (χ0) is 16.4. The SMILES string of the molecule is N#Cc1ccc(-c2ccc(C=C3C(=O)NC(=O)NC3=O)o2)cc1. The van der Waals surface area contributed by atoms with Gasteiger partial charge in [-0.05, 0) is 42.5 Å². The third-order valence-corrected chi connectivity index (χ3v) is 3.16. The van der Waals surface area contributed by atoms with E-state index in [1.54, 1.807) is 36.4 Å². The topological polar surface area (TPSA) is 112 Å². The third kappa shape index (κ3) is 2.87. The van der Waals surface area contributed by atoms with Gasteiger partial charge in [-0.2, -0.15) is 5.26 Å². The van der Waals surface area contributed by atoms with Gasteiger partial charge in [0, 0.05) is 5.56 Å². The second-order valence-electron chi connectivity index (χ2n) is 4.69. The Morgan fingerprint density at radius 1 is 0.957 bits per heavy atom. The summed E-state index contributed by atoms with van der Waals surface area (Å²) in [6.45, 7) is 0. The summed E-state index contributed by atoms with van der Waals surface area (Å²) in [7, 11) is 0. The van der Waals surface area contributed by atoms with Crippen LogP contribution in [0.1, 0.15) is 11.3 Å². The number of furan rings is 1. The largest absolute Gasteiger partial charge is 0.457 e. The first-order chi connectivity index (χ1) is 11.1. The monoisotopic (exact) mass is 307 g/mol. The smallest absolute Gasteiger partial charge is 0.328 e. The van der Waals surface area contributed by atoms with Gasteiger partial charge in [-0.3, -0.25) is 20.2 Å². The minimum absolute atomic E-state index is 0.217. The maximum absolute atomic E-state index is 11.6. The Bertz CT molecular complexity index is 863. The average molecular weight is 307 g/mol. The highest BCUT2D eigenvalue weighted by Crippen LogP contribution is 2.24. The molecule has 1 aliphatic rings. The third-order valence-electron chi connectivity index (χ3n) is 3.16. The number of nitrogens with zero attached hydrogens (tertiary/aromatic N) is 1. The summed E-state index contributed by atoms with van der Waals surface area (Å²) in [6.07, 6.45) is 1.25. The van der Waals surface area contributed by atoms with Crippen molar-refractivity contribution in [3.05, 3.63) is 53.3 Å². The number of nitriles is 1. The van der Waals surface area contributed by atoms with Crippen molar-refractivity contribution in [2.75, 3.05) is 0 Å². The predicted molar refractivity (Wildman–Crippen MR) is 78.5 cm³/mol. The van der Waals surface area contributed by atoms with E-state index in [-0.39, 0.29) is 5.57 Å². The second kappa shape index (κ2) is 5.61. The van der Waals surface area contributed by atoms with Crippen LogP contribution in [0.2, 0.25) is 0 Å². The van der Waals surface area contributed by atoms with E-state index in [4.69, 9.17) is 9.68 Å². The molecule has 7 nitrogen and oxygen atoms in total. The molecule has 0 saturated carbocycles. The van der Waals surface area contributed by atoms with Gasteiger partial charge in [-0.1, -0.05) is 0 Å². The number of rotatable bonds is 2. The van der Waals surface area contributed by atoms with Crippen LogP contribution >= 0.6 is 0 Å². The van der Waals surface area contributed by atoms with Crippen LogP contribution in [0.3, 0.4) is 0 Å². The molecular formula is C16H9N3O4. The van der Waals surface area contributed by atoms with Gasteiger partial charge in [0.05, 0.1) is 11.6 Å². The van der Waals surface area contributed by atoms with Crippen molar-refractivity contribution < 1.29 is 18.8 Å². The molecule has 23 heavy (non-hydrogen) atoms. The molecule has 0 spiro atoms. The highest BCUT2D eigenvalue weighted by atomic mass is 16.3. The number of amides is 4. The highest BCUT2D eigenvalue weighted by Gasteiger charge is 2.28. The Morgan fingerprint density at radius 3 is 2.22 bits per heavy atom. The Morgan fingerprint density at radius 2 is 1.61 bits per heavy atom. The van der Waals surface area contributed by atoms with Gasteiger partial charge in [0.15, 0.2) is 0 Å². The fourth-order valence-electron chi connectivity index (χ4n) is 2.04. The molecule has 112 valence electrons. The minimum atomic E-state index is -0.852. The number of carbonyl (C=O) groups excluding carboxylic acids is 3. The molecule has 1 aliphatic heterocycles. The molecule has 4 amide bonds. The van der Waals surface area contributed by atoms with E-state index < -0.39 is 17.8 Å². The summed E-state index contributed by atoms with van der Waals surface area (Å²) in [5, 5.41) is 12.7. The Balaban J connectivity index is 1.88. The van der Waals surface area contributed by atoms with Crippen molar-refractivity contribution in [2.24, 2.45) is 0 Å². The molecule has 2 heterocycles. The van der Waals surface area contributed by atoms with Gasteiger partial charge >= 0.3 is 6.03 Å². The van der Waals surface area contributed by atoms with Gasteiger partial charge in [0.25, 0.3) is 11.8 Å². The van der Waals surface area contributed by atoms with E-state index in [1.165, 1.54) is 6.08 Å². The van der Waals surface area contributed by atoms with Crippen molar-refractivity contribution in [3.8, 4) is 17.4 Å². The molecule has 1 aromatic heterocycles. The lowest BCUT2D eigenvalue weighted by molar-refractivity contribution is -0.123. The van der Waals surface area contributed by atoms with E-state index in [2.05, 4.69) is 0 Å². The summed E-state index contributed by atoms with van der Waals surface area (Å²) >= 11 is 0. The molecule has 0 aliphatic carbocycles. The van der Waals surface area contributed by atoms with Gasteiger partial charge in [-0.15, -0.1) is 0 Å². The number of urea groups is 1. The van der Waals surface area contributed by atoms with Crippen molar-refractivity contribution in [1.82, 2.24) is 10.6 Å². The van der Waals surface area contributed by atoms with Gasteiger partial charge in [-0.25, -0.2) is 4.79 Å². The highest BCUT2D eigenvalue weighted by molar-refractivity contribution is 6.31. The number of hydrogen-bond donors (Lipinski definition) is 2. The summed E-state index contributed by atoms with van der Waals surface area (Å²) < 4.78 is 5.57. The first-order valence-electron chi connectivity index (χ1n) is 6.55. The van der Waals surface area contributed by atoms with Crippen LogP contribution in [0.15, 0.2) is 46.4 Å². The molecule has 1 saturated heterocycles. The van der Waals surface area contributed by atoms with Crippen LogP contribution in [0.5, 0.6) is 0 Å². The molecular weight excluding hydrogens is 298 g/mol. The lowest BCUT2D eigenvalue weighted by Crippen LogP contribution is -2.51. The molecule has 0 atom stereocenters. The fourth-order valence-corrected chi connectivity index (χ4v) is 2.04. The van der Waals surface area contributed by atoms with Crippen molar-refractivity contribution in [1.29, 1.82) is 5.26 Å². The summed E-state index contributed by atoms with van der Waals surface area (Å²) in [4.78, 5) is 34.3. The van der Waals surface area contributed by atoms with Gasteiger partial charge in [0.1, 0.15) is 17.1 Å². The normalized spacial score (nSPS) is 14.0. The Kier molecular flexibility index (Phi) is 3.49. The van der Waals surface area contributed by atoms with Crippen LogP contribution in [0.4, 0.5) is 4.79 Å². The molecule has 1 fully saturated rings. The molecule has 7 heteroatoms. The lowest BCUT2D eigenvalue weighted by Gasteiger charge is -2.13. The average Bonchev–Trinajstić information content (AvgIpc) is 2.99. The van der Waals surface area contributed by atoms with E-state index in [9.17, 15) is 14.4 Å². The van der Waals surface area contributed by atoms with E-state index in [1.807, 2.05) is 16.7 Å².